The third-order valence-corrected chi connectivity index (χ3v) is 5.79. The molecule has 0 bridgehead atoms. The highest BCUT2D eigenvalue weighted by atomic mass is 32.2. The summed E-state index contributed by atoms with van der Waals surface area (Å²) in [7, 11) is 0. The lowest BCUT2D eigenvalue weighted by molar-refractivity contribution is -0.384. The van der Waals surface area contributed by atoms with Gasteiger partial charge in [0.2, 0.25) is 0 Å². The number of rotatable bonds is 8. The second kappa shape index (κ2) is 9.29. The highest BCUT2D eigenvalue weighted by Gasteiger charge is 2.21. The van der Waals surface area contributed by atoms with Gasteiger partial charge in [-0.1, -0.05) is 24.8 Å². The van der Waals surface area contributed by atoms with Crippen molar-refractivity contribution in [1.29, 1.82) is 0 Å². The van der Waals surface area contributed by atoms with Crippen LogP contribution in [0.15, 0.2) is 35.6 Å². The van der Waals surface area contributed by atoms with Crippen LogP contribution in [0.4, 0.5) is 11.5 Å². The van der Waals surface area contributed by atoms with E-state index in [-0.39, 0.29) is 17.2 Å². The number of nitrogens with one attached hydrogen (secondary N) is 1. The average molecular weight is 442 g/mol. The molecule has 0 saturated carbocycles. The molecule has 1 fully saturated rings. The highest BCUT2D eigenvalue weighted by Crippen LogP contribution is 2.29. The van der Waals surface area contributed by atoms with E-state index in [1.165, 1.54) is 18.2 Å². The first-order chi connectivity index (χ1) is 15.1. The fraction of sp³-hybridized carbons (Fsp3) is 0.400. The van der Waals surface area contributed by atoms with Gasteiger partial charge in [0.1, 0.15) is 5.82 Å². The molecule has 3 heterocycles. The highest BCUT2D eigenvalue weighted by molar-refractivity contribution is 7.99. The van der Waals surface area contributed by atoms with Crippen molar-refractivity contribution in [3.63, 3.8) is 0 Å². The molecule has 2 aromatic heterocycles. The Morgan fingerprint density at radius 2 is 2.10 bits per heavy atom. The Morgan fingerprint density at radius 1 is 1.29 bits per heavy atom. The number of fused-ring (bicyclic) bond motifs is 1. The Bertz CT molecular complexity index is 1110. The van der Waals surface area contributed by atoms with Gasteiger partial charge in [0.05, 0.1) is 23.1 Å². The Kier molecular flexibility index (Phi) is 6.31. The standard InChI is InChI=1S/C20H23N7O3S/c1-2-31-20-23-17(25-9-3-4-10-25)16-13-22-26(18(16)24-20)11-8-21-19(28)14-6-5-7-15(12-14)27(29)30/h5-7,12-13H,2-4,8-11H2,1H3,(H,21,28). The summed E-state index contributed by atoms with van der Waals surface area (Å²) in [6.07, 6.45) is 4.09. The monoisotopic (exact) mass is 441 g/mol. The number of thioether (sulfide) groups is 1. The van der Waals surface area contributed by atoms with Crippen LogP contribution in [0, 0.1) is 10.1 Å². The van der Waals surface area contributed by atoms with Gasteiger partial charge < -0.3 is 10.2 Å². The Labute approximate surface area is 183 Å². The van der Waals surface area contributed by atoms with Crippen molar-refractivity contribution in [3.05, 3.63) is 46.1 Å². The van der Waals surface area contributed by atoms with Gasteiger partial charge in [-0.25, -0.2) is 14.6 Å². The van der Waals surface area contributed by atoms with Crippen LogP contribution in [0.1, 0.15) is 30.1 Å². The van der Waals surface area contributed by atoms with Crippen molar-refractivity contribution >= 4 is 40.2 Å². The quantitative estimate of drug-likeness (QED) is 0.245. The zero-order chi connectivity index (χ0) is 21.8. The summed E-state index contributed by atoms with van der Waals surface area (Å²) < 4.78 is 1.77. The van der Waals surface area contributed by atoms with E-state index in [0.29, 0.717) is 13.1 Å². The lowest BCUT2D eigenvalue weighted by Crippen LogP contribution is -2.27. The molecule has 162 valence electrons. The third-order valence-electron chi connectivity index (χ3n) is 5.06. The van der Waals surface area contributed by atoms with E-state index in [4.69, 9.17) is 4.98 Å². The van der Waals surface area contributed by atoms with Gasteiger partial charge in [0.25, 0.3) is 11.6 Å². The molecular formula is C20H23N7O3S. The molecule has 1 aliphatic heterocycles. The Morgan fingerprint density at radius 3 is 2.84 bits per heavy atom. The number of non-ortho nitro benzene ring substituents is 1. The van der Waals surface area contributed by atoms with Crippen LogP contribution in [0.3, 0.4) is 0 Å². The van der Waals surface area contributed by atoms with E-state index in [1.54, 1.807) is 28.7 Å². The molecule has 11 heteroatoms. The smallest absolute Gasteiger partial charge is 0.270 e. The summed E-state index contributed by atoms with van der Waals surface area (Å²) in [6.45, 7) is 4.77. The maximum Gasteiger partial charge on any atom is 0.270 e. The summed E-state index contributed by atoms with van der Waals surface area (Å²) in [5.41, 5.74) is 0.884. The topological polar surface area (TPSA) is 119 Å². The minimum atomic E-state index is -0.518. The number of carbonyl (C=O) groups excluding carboxylic acids is 1. The van der Waals surface area contributed by atoms with Gasteiger partial charge in [0.15, 0.2) is 10.8 Å². The summed E-state index contributed by atoms with van der Waals surface area (Å²) in [5.74, 6) is 1.43. The first-order valence-corrected chi connectivity index (χ1v) is 11.2. The first-order valence-electron chi connectivity index (χ1n) is 10.2. The Balaban J connectivity index is 1.50. The van der Waals surface area contributed by atoms with Crippen molar-refractivity contribution in [1.82, 2.24) is 25.1 Å². The van der Waals surface area contributed by atoms with E-state index in [2.05, 4.69) is 27.2 Å². The molecule has 1 aliphatic rings. The number of amides is 1. The molecule has 0 unspecified atom stereocenters. The molecular weight excluding hydrogens is 418 g/mol. The molecule has 1 N–H and O–H groups in total. The van der Waals surface area contributed by atoms with Gasteiger partial charge >= 0.3 is 0 Å². The number of hydrogen-bond acceptors (Lipinski definition) is 8. The number of carbonyl (C=O) groups is 1. The van der Waals surface area contributed by atoms with E-state index < -0.39 is 4.92 Å². The van der Waals surface area contributed by atoms with E-state index in [1.807, 2.05) is 0 Å². The summed E-state index contributed by atoms with van der Waals surface area (Å²) >= 11 is 1.59. The minimum absolute atomic E-state index is 0.113. The predicted molar refractivity (Wildman–Crippen MR) is 119 cm³/mol. The fourth-order valence-corrected chi connectivity index (χ4v) is 4.15. The number of nitro benzene ring substituents is 1. The van der Waals surface area contributed by atoms with Crippen molar-refractivity contribution in [2.45, 2.75) is 31.5 Å². The van der Waals surface area contributed by atoms with Gasteiger partial charge in [-0.2, -0.15) is 5.10 Å². The van der Waals surface area contributed by atoms with Gasteiger partial charge in [-0.15, -0.1) is 0 Å². The van der Waals surface area contributed by atoms with Crippen LogP contribution < -0.4 is 10.2 Å². The second-order valence-electron chi connectivity index (χ2n) is 7.13. The van der Waals surface area contributed by atoms with Crippen LogP contribution in [-0.4, -0.2) is 56.0 Å². The summed E-state index contributed by atoms with van der Waals surface area (Å²) in [4.78, 5) is 34.5. The maximum absolute atomic E-state index is 12.4. The SMILES string of the molecule is CCSc1nc(N2CCCC2)c2cnn(CCNC(=O)c3cccc([N+](=O)[O-])c3)c2n1. The number of hydrogen-bond donors (Lipinski definition) is 1. The van der Waals surface area contributed by atoms with Crippen molar-refractivity contribution in [2.24, 2.45) is 0 Å². The third kappa shape index (κ3) is 4.61. The van der Waals surface area contributed by atoms with Gasteiger partial charge in [0, 0.05) is 37.3 Å². The maximum atomic E-state index is 12.4. The largest absolute Gasteiger partial charge is 0.356 e. The van der Waals surface area contributed by atoms with Crippen LogP contribution in [0.2, 0.25) is 0 Å². The van der Waals surface area contributed by atoms with E-state index >= 15 is 0 Å². The van der Waals surface area contributed by atoms with Crippen LogP contribution in [0.25, 0.3) is 11.0 Å². The normalized spacial score (nSPS) is 13.6. The zero-order valence-corrected chi connectivity index (χ0v) is 18.0. The molecule has 0 aliphatic carbocycles. The van der Waals surface area contributed by atoms with Crippen LogP contribution in [-0.2, 0) is 6.54 Å². The van der Waals surface area contributed by atoms with Crippen molar-refractivity contribution in [3.8, 4) is 0 Å². The molecule has 4 rings (SSSR count). The first kappa shape index (κ1) is 21.0. The molecule has 0 atom stereocenters. The van der Waals surface area contributed by atoms with Gasteiger partial charge in [-0.05, 0) is 24.7 Å². The molecule has 31 heavy (non-hydrogen) atoms. The summed E-state index contributed by atoms with van der Waals surface area (Å²) in [5, 5.41) is 19.8. The number of nitrogens with zero attached hydrogens (tertiary/aromatic N) is 6. The number of anilines is 1. The lowest BCUT2D eigenvalue weighted by Gasteiger charge is -2.17. The number of nitro groups is 1. The Hall–Kier alpha value is -3.21. The van der Waals surface area contributed by atoms with Crippen molar-refractivity contribution < 1.29 is 9.72 Å². The van der Waals surface area contributed by atoms with Crippen LogP contribution >= 0.6 is 11.8 Å². The summed E-state index contributed by atoms with van der Waals surface area (Å²) in [6, 6.07) is 5.67. The molecule has 0 radical (unpaired) electrons. The molecule has 1 amide bonds. The molecule has 10 nitrogen and oxygen atoms in total. The molecule has 1 saturated heterocycles. The lowest BCUT2D eigenvalue weighted by atomic mass is 10.2. The molecule has 3 aromatic rings. The van der Waals surface area contributed by atoms with E-state index in [9.17, 15) is 14.9 Å². The predicted octanol–water partition coefficient (Wildman–Crippen LogP) is 2.88. The average Bonchev–Trinajstić information content (AvgIpc) is 3.44. The number of benzene rings is 1. The molecule has 1 aromatic carbocycles. The minimum Gasteiger partial charge on any atom is -0.356 e. The zero-order valence-electron chi connectivity index (χ0n) is 17.2. The fourth-order valence-electron chi connectivity index (χ4n) is 3.59. The van der Waals surface area contributed by atoms with E-state index in [0.717, 1.165) is 53.7 Å². The van der Waals surface area contributed by atoms with Gasteiger partial charge in [-0.3, -0.25) is 14.9 Å². The van der Waals surface area contributed by atoms with Crippen molar-refractivity contribution in [2.75, 3.05) is 30.3 Å². The number of aromatic nitrogens is 4. The van der Waals surface area contributed by atoms with Crippen LogP contribution in [0.5, 0.6) is 0 Å². The molecule has 0 spiro atoms. The second-order valence-corrected chi connectivity index (χ2v) is 8.36.